The van der Waals surface area contributed by atoms with Crippen LogP contribution < -0.4 is 0 Å². The Balaban J connectivity index is 0.999. The molecule has 0 radical (unpaired) electrons. The Kier molecular flexibility index (Phi) is 11.4. The van der Waals surface area contributed by atoms with E-state index in [9.17, 15) is 40.9 Å². The van der Waals surface area contributed by atoms with Crippen LogP contribution >= 0.6 is 0 Å². The Morgan fingerprint density at radius 2 is 1.54 bits per heavy atom. The number of nitrogens with zero attached hydrogens (tertiary/aromatic N) is 1. The van der Waals surface area contributed by atoms with E-state index in [0.717, 1.165) is 51.5 Å². The number of aliphatic hydroxyl groups excluding tert-OH is 8. The van der Waals surface area contributed by atoms with Gasteiger partial charge in [-0.05, 0) is 104 Å². The summed E-state index contributed by atoms with van der Waals surface area (Å²) in [6.07, 6.45) is -4.36. The van der Waals surface area contributed by atoms with Crippen LogP contribution in [0.1, 0.15) is 85.5 Å². The van der Waals surface area contributed by atoms with E-state index in [0.29, 0.717) is 36.0 Å². The van der Waals surface area contributed by atoms with E-state index in [2.05, 4.69) is 33.8 Å². The molecular weight excluding hydrogens is 674 g/mol. The van der Waals surface area contributed by atoms with Crippen molar-refractivity contribution in [3.63, 3.8) is 0 Å². The maximum absolute atomic E-state index is 11.6. The second-order valence-electron chi connectivity index (χ2n) is 17.9. The minimum absolute atomic E-state index is 0.00583. The van der Waals surface area contributed by atoms with Crippen molar-refractivity contribution in [1.29, 1.82) is 0 Å². The lowest BCUT2D eigenvalue weighted by Crippen LogP contribution is -2.65. The van der Waals surface area contributed by atoms with Gasteiger partial charge >= 0.3 is 0 Å². The highest BCUT2D eigenvalue weighted by molar-refractivity contribution is 5.87. The van der Waals surface area contributed by atoms with Crippen LogP contribution in [0.4, 0.5) is 0 Å². The Morgan fingerprint density at radius 1 is 0.846 bits per heavy atom. The van der Waals surface area contributed by atoms with Gasteiger partial charge in [-0.2, -0.15) is 0 Å². The third-order valence-electron chi connectivity index (χ3n) is 15.0. The van der Waals surface area contributed by atoms with Crippen molar-refractivity contribution in [3.8, 4) is 0 Å². The lowest BCUT2D eigenvalue weighted by Gasteiger charge is -2.58. The molecule has 0 unspecified atom stereocenters. The normalized spacial score (nSPS) is 52.9. The van der Waals surface area contributed by atoms with E-state index in [4.69, 9.17) is 23.9 Å². The summed E-state index contributed by atoms with van der Waals surface area (Å²) in [6.45, 7) is 9.07. The summed E-state index contributed by atoms with van der Waals surface area (Å²) >= 11 is 0. The van der Waals surface area contributed by atoms with Crippen LogP contribution in [-0.2, 0) is 18.9 Å². The molecule has 3 saturated carbocycles. The average Bonchev–Trinajstić information content (AvgIpc) is 3.41. The SMILES string of the molecule is C[C@@H]1CCC([C@H](C)[C@@H]2[C@@H](O)C[C@@H]3[C@H]4CC=C5C[C@H](O[C@@H]6O[C@H](CO)[C@@H](O[C@H]7O[C@@H](CO)[C@H](O)[C@@H](O)[C@@H]7O)[C@H](O)[C@H]6O)CC[C@]5(C)[C@H]4CC[C@@]23C)=NC1. The summed E-state index contributed by atoms with van der Waals surface area (Å²) in [4.78, 5) is 5.00. The summed E-state index contributed by atoms with van der Waals surface area (Å²) in [5.74, 6) is 2.64. The highest BCUT2D eigenvalue weighted by Gasteiger charge is 2.62. The zero-order valence-electron chi connectivity index (χ0n) is 31.1. The van der Waals surface area contributed by atoms with Gasteiger partial charge in [0.05, 0.1) is 25.4 Å². The second-order valence-corrected chi connectivity index (χ2v) is 17.9. The van der Waals surface area contributed by atoms with E-state index in [1.54, 1.807) is 0 Å². The largest absolute Gasteiger partial charge is 0.394 e. The maximum Gasteiger partial charge on any atom is 0.187 e. The highest BCUT2D eigenvalue weighted by atomic mass is 16.7. The monoisotopic (exact) mass is 737 g/mol. The topological polar surface area (TPSA) is 211 Å². The number of rotatable bonds is 8. The molecule has 8 N–H and O–H groups in total. The Morgan fingerprint density at radius 3 is 2.23 bits per heavy atom. The van der Waals surface area contributed by atoms with Crippen LogP contribution in [0.15, 0.2) is 16.6 Å². The zero-order valence-corrected chi connectivity index (χ0v) is 31.1. The van der Waals surface area contributed by atoms with Crippen molar-refractivity contribution in [1.82, 2.24) is 0 Å². The van der Waals surface area contributed by atoms with Gasteiger partial charge in [-0.1, -0.05) is 39.3 Å². The summed E-state index contributed by atoms with van der Waals surface area (Å²) in [5, 5.41) is 84.3. The molecule has 13 nitrogen and oxygen atoms in total. The molecule has 52 heavy (non-hydrogen) atoms. The Bertz CT molecular complexity index is 1330. The maximum atomic E-state index is 11.6. The number of allylic oxidation sites excluding steroid dienone is 1. The Hall–Kier alpha value is -1.07. The molecule has 13 heteroatoms. The van der Waals surface area contributed by atoms with Crippen LogP contribution in [0.2, 0.25) is 0 Å². The molecule has 5 fully saturated rings. The molecule has 7 aliphatic rings. The van der Waals surface area contributed by atoms with Gasteiger partial charge in [-0.25, -0.2) is 0 Å². The first-order valence-corrected chi connectivity index (χ1v) is 19.9. The molecule has 0 bridgehead atoms. The smallest absolute Gasteiger partial charge is 0.187 e. The van der Waals surface area contributed by atoms with E-state index in [-0.39, 0.29) is 29.0 Å². The van der Waals surface area contributed by atoms with Gasteiger partial charge in [0.2, 0.25) is 0 Å². The molecule has 3 aliphatic heterocycles. The molecular formula is C39H63NO12. The molecule has 20 atom stereocenters. The molecule has 0 aromatic carbocycles. The van der Waals surface area contributed by atoms with Crippen LogP contribution in [0.5, 0.6) is 0 Å². The zero-order chi connectivity index (χ0) is 37.3. The van der Waals surface area contributed by atoms with Crippen LogP contribution in [-0.4, -0.2) is 140 Å². The number of aliphatic hydroxyl groups is 8. The molecule has 0 amide bonds. The van der Waals surface area contributed by atoms with Crippen LogP contribution in [0.3, 0.4) is 0 Å². The Labute approximate surface area is 307 Å². The van der Waals surface area contributed by atoms with Crippen molar-refractivity contribution in [2.24, 2.45) is 51.3 Å². The summed E-state index contributed by atoms with van der Waals surface area (Å²) < 4.78 is 23.4. The van der Waals surface area contributed by atoms with Crippen molar-refractivity contribution in [2.75, 3.05) is 19.8 Å². The molecule has 0 aromatic heterocycles. The molecule has 296 valence electrons. The fourth-order valence-corrected chi connectivity index (χ4v) is 12.0. The summed E-state index contributed by atoms with van der Waals surface area (Å²) in [5.41, 5.74) is 2.75. The fraction of sp³-hybridized carbons (Fsp3) is 0.923. The lowest BCUT2D eigenvalue weighted by atomic mass is 9.47. The standard InChI is InChI=1S/C39H63NO12/c1-18-5-8-25(40-15-18)19(2)29-26(43)14-24-22-7-6-20-13-21(9-11-38(20,3)23(22)10-12-39(24,29)4)49-36-34(48)32(46)35(28(17-42)51-36)52-37-33(47)31(45)30(44)27(16-41)50-37/h6,18-19,21-24,26-37,41-48H,5,7-17H2,1-4H3/t18-,19+,21-,22+,23+,24-,26+,27+,28-,29-,30+,31-,32-,33+,34-,35-,36-,37-,38+,39-/m1/s1. The van der Waals surface area contributed by atoms with E-state index in [1.165, 1.54) is 17.7 Å². The molecule has 3 heterocycles. The first-order chi connectivity index (χ1) is 24.7. The van der Waals surface area contributed by atoms with Crippen molar-refractivity contribution < 1.29 is 59.8 Å². The first-order valence-electron chi connectivity index (χ1n) is 19.9. The van der Waals surface area contributed by atoms with Gasteiger partial charge < -0.3 is 59.8 Å². The third-order valence-corrected chi connectivity index (χ3v) is 15.0. The van der Waals surface area contributed by atoms with Crippen molar-refractivity contribution in [3.05, 3.63) is 11.6 Å². The molecule has 4 aliphatic carbocycles. The second kappa shape index (κ2) is 15.1. The number of fused-ring (bicyclic) bond motifs is 5. The van der Waals surface area contributed by atoms with E-state index < -0.39 is 74.6 Å². The predicted molar refractivity (Wildman–Crippen MR) is 188 cm³/mol. The highest BCUT2D eigenvalue weighted by Crippen LogP contribution is 2.67. The van der Waals surface area contributed by atoms with Crippen LogP contribution in [0.25, 0.3) is 0 Å². The first kappa shape index (κ1) is 39.2. The fourth-order valence-electron chi connectivity index (χ4n) is 12.0. The average molecular weight is 738 g/mol. The lowest BCUT2D eigenvalue weighted by molar-refractivity contribution is -0.363. The minimum atomic E-state index is -1.72. The molecule has 0 aromatic rings. The molecule has 7 rings (SSSR count). The molecule has 0 spiro atoms. The number of aliphatic imine (C=N–C) groups is 1. The van der Waals surface area contributed by atoms with Crippen LogP contribution in [0, 0.1) is 46.3 Å². The minimum Gasteiger partial charge on any atom is -0.394 e. The number of hydrogen-bond acceptors (Lipinski definition) is 13. The van der Waals surface area contributed by atoms with Gasteiger partial charge in [-0.15, -0.1) is 0 Å². The summed E-state index contributed by atoms with van der Waals surface area (Å²) in [7, 11) is 0. The number of ether oxygens (including phenoxy) is 4. The van der Waals surface area contributed by atoms with Crippen molar-refractivity contribution >= 4 is 5.71 Å². The predicted octanol–water partition coefficient (Wildman–Crippen LogP) is 1.05. The van der Waals surface area contributed by atoms with Gasteiger partial charge in [0, 0.05) is 12.3 Å². The van der Waals surface area contributed by atoms with Gasteiger partial charge in [0.1, 0.15) is 48.8 Å². The summed E-state index contributed by atoms with van der Waals surface area (Å²) in [6, 6.07) is 0. The van der Waals surface area contributed by atoms with E-state index in [1.807, 2.05) is 0 Å². The number of hydrogen-bond donors (Lipinski definition) is 8. The quantitative estimate of drug-likeness (QED) is 0.165. The van der Waals surface area contributed by atoms with Gasteiger partial charge in [0.15, 0.2) is 12.6 Å². The van der Waals surface area contributed by atoms with E-state index >= 15 is 0 Å². The third kappa shape index (κ3) is 6.66. The molecule has 2 saturated heterocycles. The van der Waals surface area contributed by atoms with Gasteiger partial charge in [0.25, 0.3) is 0 Å². The van der Waals surface area contributed by atoms with Crippen molar-refractivity contribution in [2.45, 2.75) is 159 Å². The van der Waals surface area contributed by atoms with Gasteiger partial charge in [-0.3, -0.25) is 4.99 Å².